The first kappa shape index (κ1) is 12.7. The maximum Gasteiger partial charge on any atom is 0.251 e. The molecule has 88 valence electrons. The van der Waals surface area contributed by atoms with Gasteiger partial charge in [-0.1, -0.05) is 13.8 Å². The minimum absolute atomic E-state index is 0.0757. The van der Waals surface area contributed by atoms with E-state index in [0.717, 1.165) is 0 Å². The van der Waals surface area contributed by atoms with Gasteiger partial charge in [0.05, 0.1) is 0 Å². The van der Waals surface area contributed by atoms with Crippen LogP contribution in [0.5, 0.6) is 0 Å². The van der Waals surface area contributed by atoms with Gasteiger partial charge in [0.15, 0.2) is 0 Å². The van der Waals surface area contributed by atoms with Crippen LogP contribution in [0.3, 0.4) is 0 Å². The third-order valence-electron chi connectivity index (χ3n) is 2.30. The molecule has 1 rings (SSSR count). The van der Waals surface area contributed by atoms with Gasteiger partial charge in [0.2, 0.25) is 0 Å². The Hall–Kier alpha value is -1.38. The Kier molecular flexibility index (Phi) is 4.05. The molecule has 0 saturated carbocycles. The van der Waals surface area contributed by atoms with Crippen molar-refractivity contribution in [3.63, 3.8) is 0 Å². The van der Waals surface area contributed by atoms with Crippen LogP contribution in [0.4, 0.5) is 4.39 Å². The van der Waals surface area contributed by atoms with Crippen LogP contribution in [0, 0.1) is 5.82 Å². The summed E-state index contributed by atoms with van der Waals surface area (Å²) in [6, 6.07) is 4.57. The van der Waals surface area contributed by atoms with Gasteiger partial charge in [-0.2, -0.15) is 0 Å². The number of rotatable bonds is 3. The molecule has 0 radical (unpaired) electrons. The lowest BCUT2D eigenvalue weighted by atomic mass is 10.00. The Morgan fingerprint density at radius 1 is 1.25 bits per heavy atom. The number of nitrogens with one attached hydrogen (secondary N) is 1. The average molecular weight is 223 g/mol. The quantitative estimate of drug-likeness (QED) is 0.838. The fourth-order valence-electron chi connectivity index (χ4n) is 1.47. The number of hydrogen-bond donors (Lipinski definition) is 1. The van der Waals surface area contributed by atoms with Gasteiger partial charge in [0.1, 0.15) is 5.82 Å². The molecule has 3 heteroatoms. The molecule has 0 atom stereocenters. The number of hydrogen-bond acceptors (Lipinski definition) is 1. The predicted octanol–water partition coefficient (Wildman–Crippen LogP) is 3.09. The molecule has 0 aliphatic heterocycles. The Morgan fingerprint density at radius 2 is 1.88 bits per heavy atom. The molecule has 1 N–H and O–H groups in total. The van der Waals surface area contributed by atoms with Crippen LogP contribution < -0.4 is 5.32 Å². The third-order valence-corrected chi connectivity index (χ3v) is 2.30. The summed E-state index contributed by atoms with van der Waals surface area (Å²) >= 11 is 0. The molecule has 16 heavy (non-hydrogen) atoms. The fourth-order valence-corrected chi connectivity index (χ4v) is 1.47. The largest absolute Gasteiger partial charge is 0.350 e. The van der Waals surface area contributed by atoms with Crippen molar-refractivity contribution in [2.45, 2.75) is 39.7 Å². The van der Waals surface area contributed by atoms with Gasteiger partial charge < -0.3 is 5.32 Å². The lowest BCUT2D eigenvalue weighted by Gasteiger charge is -2.11. The summed E-state index contributed by atoms with van der Waals surface area (Å²) in [5.41, 5.74) is 1.09. The molecule has 2 nitrogen and oxygen atoms in total. The Balaban J connectivity index is 2.98. The van der Waals surface area contributed by atoms with Crippen molar-refractivity contribution >= 4 is 5.91 Å². The van der Waals surface area contributed by atoms with E-state index < -0.39 is 0 Å². The minimum atomic E-state index is -0.254. The van der Waals surface area contributed by atoms with Crippen LogP contribution in [-0.2, 0) is 0 Å². The first-order valence-corrected chi connectivity index (χ1v) is 5.52. The molecule has 0 unspecified atom stereocenters. The van der Waals surface area contributed by atoms with Gasteiger partial charge in [-0.25, -0.2) is 4.39 Å². The van der Waals surface area contributed by atoms with Gasteiger partial charge in [0.25, 0.3) is 5.91 Å². The fraction of sp³-hybridized carbons (Fsp3) is 0.462. The molecule has 0 aromatic heterocycles. The van der Waals surface area contributed by atoms with Crippen molar-refractivity contribution in [2.75, 3.05) is 0 Å². The van der Waals surface area contributed by atoms with Crippen molar-refractivity contribution in [1.29, 1.82) is 0 Å². The summed E-state index contributed by atoms with van der Waals surface area (Å²) in [4.78, 5) is 11.7. The topological polar surface area (TPSA) is 29.1 Å². The standard InChI is InChI=1S/C13H18FNO/c1-8(2)11-7-10(5-6-12(11)14)13(16)15-9(3)4/h5-9H,1-4H3,(H,15,16). The second-order valence-corrected chi connectivity index (χ2v) is 4.52. The molecule has 0 saturated heterocycles. The predicted molar refractivity (Wildman–Crippen MR) is 63.1 cm³/mol. The van der Waals surface area contributed by atoms with E-state index in [4.69, 9.17) is 0 Å². The summed E-state index contributed by atoms with van der Waals surface area (Å²) in [6.45, 7) is 7.60. The van der Waals surface area contributed by atoms with Crippen LogP contribution in [-0.4, -0.2) is 11.9 Å². The number of benzene rings is 1. The smallest absolute Gasteiger partial charge is 0.251 e. The summed E-state index contributed by atoms with van der Waals surface area (Å²) in [6.07, 6.45) is 0. The highest BCUT2D eigenvalue weighted by molar-refractivity contribution is 5.94. The zero-order valence-electron chi connectivity index (χ0n) is 10.2. The van der Waals surface area contributed by atoms with E-state index in [2.05, 4.69) is 5.32 Å². The van der Waals surface area contributed by atoms with Crippen LogP contribution in [0.25, 0.3) is 0 Å². The summed E-state index contributed by atoms with van der Waals surface area (Å²) < 4.78 is 13.4. The highest BCUT2D eigenvalue weighted by Crippen LogP contribution is 2.19. The summed E-state index contributed by atoms with van der Waals surface area (Å²) in [5.74, 6) is -0.334. The van der Waals surface area contributed by atoms with E-state index in [1.807, 2.05) is 27.7 Å². The van der Waals surface area contributed by atoms with Gasteiger partial charge in [-0.3, -0.25) is 4.79 Å². The highest BCUT2D eigenvalue weighted by atomic mass is 19.1. The van der Waals surface area contributed by atoms with Gasteiger partial charge in [0, 0.05) is 11.6 Å². The molecule has 0 heterocycles. The van der Waals surface area contributed by atoms with Crippen LogP contribution in [0.15, 0.2) is 18.2 Å². The maximum atomic E-state index is 13.4. The lowest BCUT2D eigenvalue weighted by molar-refractivity contribution is 0.0943. The van der Waals surface area contributed by atoms with Crippen LogP contribution in [0.2, 0.25) is 0 Å². The molecular formula is C13H18FNO. The molecule has 0 fully saturated rings. The zero-order valence-corrected chi connectivity index (χ0v) is 10.2. The number of amides is 1. The second-order valence-electron chi connectivity index (χ2n) is 4.52. The summed E-state index contributed by atoms with van der Waals surface area (Å²) in [7, 11) is 0. The first-order valence-electron chi connectivity index (χ1n) is 5.52. The Labute approximate surface area is 95.9 Å². The van der Waals surface area contributed by atoms with Crippen LogP contribution >= 0.6 is 0 Å². The maximum absolute atomic E-state index is 13.4. The van der Waals surface area contributed by atoms with E-state index in [0.29, 0.717) is 11.1 Å². The normalized spacial score (nSPS) is 10.9. The zero-order chi connectivity index (χ0) is 12.3. The van der Waals surface area contributed by atoms with E-state index in [1.165, 1.54) is 12.1 Å². The van der Waals surface area contributed by atoms with Gasteiger partial charge >= 0.3 is 0 Å². The molecule has 1 aromatic carbocycles. The SMILES string of the molecule is CC(C)NC(=O)c1ccc(F)c(C(C)C)c1. The Bertz CT molecular complexity index is 386. The van der Waals surface area contributed by atoms with Gasteiger partial charge in [-0.05, 0) is 43.5 Å². The minimum Gasteiger partial charge on any atom is -0.350 e. The lowest BCUT2D eigenvalue weighted by Crippen LogP contribution is -2.30. The molecule has 0 aliphatic rings. The molecule has 0 bridgehead atoms. The van der Waals surface area contributed by atoms with Crippen LogP contribution in [0.1, 0.15) is 49.5 Å². The number of halogens is 1. The molecule has 1 aromatic rings. The van der Waals surface area contributed by atoms with Gasteiger partial charge in [-0.15, -0.1) is 0 Å². The van der Waals surface area contributed by atoms with Crippen molar-refractivity contribution in [1.82, 2.24) is 5.32 Å². The monoisotopic (exact) mass is 223 g/mol. The first-order chi connectivity index (χ1) is 7.41. The number of carbonyl (C=O) groups excluding carboxylic acids is 1. The van der Waals surface area contributed by atoms with Crippen molar-refractivity contribution in [2.24, 2.45) is 0 Å². The van der Waals surface area contributed by atoms with E-state index in [1.54, 1.807) is 6.07 Å². The second kappa shape index (κ2) is 5.10. The summed E-state index contributed by atoms with van der Waals surface area (Å²) in [5, 5.41) is 2.78. The van der Waals surface area contributed by atoms with E-state index in [9.17, 15) is 9.18 Å². The molecule has 0 aliphatic carbocycles. The van der Waals surface area contributed by atoms with Crippen molar-refractivity contribution < 1.29 is 9.18 Å². The molecule has 1 amide bonds. The van der Waals surface area contributed by atoms with Crippen molar-refractivity contribution in [3.05, 3.63) is 35.1 Å². The van der Waals surface area contributed by atoms with E-state index >= 15 is 0 Å². The average Bonchev–Trinajstić information content (AvgIpc) is 2.16. The number of carbonyl (C=O) groups is 1. The molecular weight excluding hydrogens is 205 g/mol. The highest BCUT2D eigenvalue weighted by Gasteiger charge is 2.12. The Morgan fingerprint density at radius 3 is 2.38 bits per heavy atom. The molecule has 0 spiro atoms. The third kappa shape index (κ3) is 3.05. The van der Waals surface area contributed by atoms with E-state index in [-0.39, 0.29) is 23.7 Å². The van der Waals surface area contributed by atoms with Crippen molar-refractivity contribution in [3.8, 4) is 0 Å².